The highest BCUT2D eigenvalue weighted by molar-refractivity contribution is 8.00. The largest absolute Gasteiger partial charge is 0.497 e. The highest BCUT2D eigenvalue weighted by Gasteiger charge is 2.15. The number of fused-ring (bicyclic) bond motifs is 1. The third-order valence-electron chi connectivity index (χ3n) is 5.30. The van der Waals surface area contributed by atoms with Gasteiger partial charge in [-0.15, -0.1) is 0 Å². The summed E-state index contributed by atoms with van der Waals surface area (Å²) in [5.74, 6) is 1.95. The molecule has 4 N–H and O–H groups in total. The first kappa shape index (κ1) is 25.0. The maximum absolute atomic E-state index is 9.10. The number of halogens is 1. The summed E-state index contributed by atoms with van der Waals surface area (Å²) in [4.78, 5) is 15.8. The van der Waals surface area contributed by atoms with Crippen molar-refractivity contribution in [2.24, 2.45) is 0 Å². The van der Waals surface area contributed by atoms with Crippen LogP contribution in [0.2, 0.25) is 5.02 Å². The van der Waals surface area contributed by atoms with E-state index in [-0.39, 0.29) is 6.61 Å². The summed E-state index contributed by atoms with van der Waals surface area (Å²) in [5.41, 5.74) is 2.98. The zero-order valence-corrected chi connectivity index (χ0v) is 21.2. The topological polar surface area (TPSA) is 124 Å². The molecule has 1 aromatic carbocycles. The van der Waals surface area contributed by atoms with Crippen LogP contribution in [-0.4, -0.2) is 75.6 Å². The van der Waals surface area contributed by atoms with Gasteiger partial charge in [0.25, 0.3) is 0 Å². The fourth-order valence-corrected chi connectivity index (χ4v) is 4.36. The number of nitrogens with zero attached hydrogens (tertiary/aromatic N) is 5. The number of hydrogen-bond donors (Lipinski definition) is 4. The Morgan fingerprint density at radius 3 is 2.83 bits per heavy atom. The van der Waals surface area contributed by atoms with Gasteiger partial charge in [-0.2, -0.15) is 5.10 Å². The molecule has 0 bridgehead atoms. The lowest BCUT2D eigenvalue weighted by Crippen LogP contribution is -2.28. The second-order valence-electron chi connectivity index (χ2n) is 7.83. The summed E-state index contributed by atoms with van der Waals surface area (Å²) in [6.07, 6.45) is 1.69. The number of benzene rings is 1. The second-order valence-corrected chi connectivity index (χ2v) is 9.06. The zero-order valence-electron chi connectivity index (χ0n) is 19.7. The Bertz CT molecular complexity index is 1300. The third-order valence-corrected chi connectivity index (χ3v) is 6.36. The summed E-state index contributed by atoms with van der Waals surface area (Å²) >= 11 is 7.91. The zero-order chi connectivity index (χ0) is 24.8. The molecule has 0 amide bonds. The Morgan fingerprint density at radius 2 is 2.06 bits per heavy atom. The molecule has 0 radical (unpaired) electrons. The van der Waals surface area contributed by atoms with Crippen LogP contribution in [0.15, 0.2) is 41.6 Å². The van der Waals surface area contributed by atoms with E-state index in [0.717, 1.165) is 39.7 Å². The van der Waals surface area contributed by atoms with Crippen molar-refractivity contribution in [3.63, 3.8) is 0 Å². The number of likely N-dealkylation sites (N-methyl/N-ethyl adjacent to an activating group) is 1. The number of ether oxygens (including phenoxy) is 1. The first-order chi connectivity index (χ1) is 17.0. The van der Waals surface area contributed by atoms with Crippen molar-refractivity contribution >= 4 is 46.1 Å². The molecule has 184 valence electrons. The molecule has 0 aliphatic heterocycles. The quantitative estimate of drug-likeness (QED) is 0.219. The highest BCUT2D eigenvalue weighted by Crippen LogP contribution is 2.32. The molecule has 3 aromatic heterocycles. The SMILES string of the molecule is COc1ccnc(SNc2ccc(-c3nc(NCCN(C)CCO)c4c(C)[nH]nc4n3)cc2Cl)c1. The van der Waals surface area contributed by atoms with Gasteiger partial charge in [0.05, 0.1) is 29.8 Å². The fraction of sp³-hybridized carbons (Fsp3) is 0.304. The number of rotatable bonds is 11. The maximum atomic E-state index is 9.10. The minimum atomic E-state index is 0.124. The number of hydrogen-bond acceptors (Lipinski definition) is 10. The third kappa shape index (κ3) is 6.12. The molecule has 0 saturated heterocycles. The number of aromatic nitrogens is 5. The van der Waals surface area contributed by atoms with E-state index < -0.39 is 0 Å². The number of aryl methyl sites for hydroxylation is 1. The van der Waals surface area contributed by atoms with Gasteiger partial charge in [0.15, 0.2) is 11.5 Å². The monoisotopic (exact) mass is 514 g/mol. The van der Waals surface area contributed by atoms with Crippen LogP contribution in [0.25, 0.3) is 22.4 Å². The Labute approximate surface area is 212 Å². The second kappa shape index (κ2) is 11.5. The van der Waals surface area contributed by atoms with Gasteiger partial charge in [0, 0.05) is 55.1 Å². The highest BCUT2D eigenvalue weighted by atomic mass is 35.5. The number of aliphatic hydroxyl groups excluding tert-OH is 1. The molecule has 12 heteroatoms. The Kier molecular flexibility index (Phi) is 8.24. The van der Waals surface area contributed by atoms with Crippen LogP contribution in [0.1, 0.15) is 5.69 Å². The van der Waals surface area contributed by atoms with E-state index in [1.807, 2.05) is 43.1 Å². The molecule has 0 atom stereocenters. The van der Waals surface area contributed by atoms with Crippen LogP contribution < -0.4 is 14.8 Å². The van der Waals surface area contributed by atoms with Gasteiger partial charge in [0.1, 0.15) is 16.6 Å². The number of aromatic amines is 1. The number of anilines is 2. The van der Waals surface area contributed by atoms with Crippen molar-refractivity contribution in [2.45, 2.75) is 11.9 Å². The molecule has 0 aliphatic rings. The first-order valence-electron chi connectivity index (χ1n) is 11.0. The van der Waals surface area contributed by atoms with Crippen molar-refractivity contribution in [2.75, 3.05) is 50.4 Å². The van der Waals surface area contributed by atoms with Gasteiger partial charge in [-0.05, 0) is 38.2 Å². The molecule has 10 nitrogen and oxygen atoms in total. The average molecular weight is 515 g/mol. The van der Waals surface area contributed by atoms with Crippen molar-refractivity contribution in [3.8, 4) is 17.1 Å². The standard InChI is InChI=1S/C23H27ClN8O2S/c1-14-20-22(26-8-9-32(2)10-11-33)27-21(28-23(20)30-29-14)15-4-5-18(17(24)12-15)31-35-19-13-16(34-3)6-7-25-19/h4-7,12-13,31,33H,8-11H2,1-3H3,(H2,26,27,28,29,30). The van der Waals surface area contributed by atoms with Gasteiger partial charge in [-0.1, -0.05) is 11.6 Å². The Balaban J connectivity index is 1.53. The van der Waals surface area contributed by atoms with E-state index in [4.69, 9.17) is 26.4 Å². The van der Waals surface area contributed by atoms with Crippen LogP contribution in [0.3, 0.4) is 0 Å². The average Bonchev–Trinajstić information content (AvgIpc) is 3.24. The summed E-state index contributed by atoms with van der Waals surface area (Å²) < 4.78 is 8.46. The number of pyridine rings is 1. The van der Waals surface area contributed by atoms with Gasteiger partial charge in [-0.3, -0.25) is 5.10 Å². The van der Waals surface area contributed by atoms with Crippen molar-refractivity contribution in [3.05, 3.63) is 47.2 Å². The molecule has 0 saturated carbocycles. The summed E-state index contributed by atoms with van der Waals surface area (Å²) in [6, 6.07) is 9.24. The van der Waals surface area contributed by atoms with E-state index in [1.54, 1.807) is 19.4 Å². The molecule has 0 aliphatic carbocycles. The van der Waals surface area contributed by atoms with E-state index >= 15 is 0 Å². The van der Waals surface area contributed by atoms with E-state index in [1.165, 1.54) is 11.9 Å². The van der Waals surface area contributed by atoms with Gasteiger partial charge in [-0.25, -0.2) is 15.0 Å². The Morgan fingerprint density at radius 1 is 1.20 bits per heavy atom. The molecule has 4 rings (SSSR count). The number of methoxy groups -OCH3 is 1. The van der Waals surface area contributed by atoms with E-state index in [2.05, 4.69) is 30.2 Å². The van der Waals surface area contributed by atoms with E-state index in [0.29, 0.717) is 35.4 Å². The summed E-state index contributed by atoms with van der Waals surface area (Å²) in [7, 11) is 3.58. The molecule has 3 heterocycles. The van der Waals surface area contributed by atoms with Crippen molar-refractivity contribution in [1.29, 1.82) is 0 Å². The summed E-state index contributed by atoms with van der Waals surface area (Å²) in [5, 5.41) is 21.9. The van der Waals surface area contributed by atoms with Crippen molar-refractivity contribution < 1.29 is 9.84 Å². The van der Waals surface area contributed by atoms with Crippen LogP contribution in [0, 0.1) is 6.92 Å². The Hall–Kier alpha value is -3.12. The van der Waals surface area contributed by atoms with Gasteiger partial charge in [0.2, 0.25) is 0 Å². The smallest absolute Gasteiger partial charge is 0.186 e. The maximum Gasteiger partial charge on any atom is 0.186 e. The molecular formula is C23H27ClN8O2S. The lowest BCUT2D eigenvalue weighted by Gasteiger charge is -2.16. The predicted octanol–water partition coefficient (Wildman–Crippen LogP) is 3.84. The minimum Gasteiger partial charge on any atom is -0.497 e. The minimum absolute atomic E-state index is 0.124. The summed E-state index contributed by atoms with van der Waals surface area (Å²) in [6.45, 7) is 4.09. The lowest BCUT2D eigenvalue weighted by molar-refractivity contribution is 0.225. The van der Waals surface area contributed by atoms with Crippen LogP contribution in [0.5, 0.6) is 5.75 Å². The van der Waals surface area contributed by atoms with Gasteiger partial charge >= 0.3 is 0 Å². The molecule has 0 spiro atoms. The van der Waals surface area contributed by atoms with Crippen molar-refractivity contribution in [1.82, 2.24) is 30.0 Å². The molecule has 0 unspecified atom stereocenters. The number of nitrogens with one attached hydrogen (secondary N) is 3. The number of H-pyrrole nitrogens is 1. The first-order valence-corrected chi connectivity index (χ1v) is 12.2. The normalized spacial score (nSPS) is 11.3. The van der Waals surface area contributed by atoms with Crippen LogP contribution in [-0.2, 0) is 0 Å². The van der Waals surface area contributed by atoms with E-state index in [9.17, 15) is 0 Å². The molecule has 35 heavy (non-hydrogen) atoms. The predicted molar refractivity (Wildman–Crippen MR) is 140 cm³/mol. The molecule has 4 aromatic rings. The van der Waals surface area contributed by atoms with Crippen LogP contribution >= 0.6 is 23.5 Å². The molecular weight excluding hydrogens is 488 g/mol. The molecule has 0 fully saturated rings. The lowest BCUT2D eigenvalue weighted by atomic mass is 10.2. The van der Waals surface area contributed by atoms with Gasteiger partial charge < -0.3 is 24.8 Å². The fourth-order valence-electron chi connectivity index (χ4n) is 3.39. The number of aliphatic hydroxyl groups is 1. The van der Waals surface area contributed by atoms with Crippen LogP contribution in [0.4, 0.5) is 11.5 Å².